The van der Waals surface area contributed by atoms with Crippen LogP contribution in [0.1, 0.15) is 30.4 Å². The molecule has 1 atom stereocenters. The van der Waals surface area contributed by atoms with Gasteiger partial charge in [0.15, 0.2) is 0 Å². The van der Waals surface area contributed by atoms with Gasteiger partial charge in [0.25, 0.3) is 0 Å². The number of aryl methyl sites for hydroxylation is 2. The zero-order valence-corrected chi connectivity index (χ0v) is 12.5. The molecule has 1 unspecified atom stereocenters. The summed E-state index contributed by atoms with van der Waals surface area (Å²) >= 11 is 0. The molecule has 1 aliphatic rings. The molecule has 0 saturated carbocycles. The SMILES string of the molecule is CCc1ccc(-c2nc3n(c2C)CC(C(=O)O)CC3)cc1. The van der Waals surface area contributed by atoms with Crippen LogP contribution in [0.2, 0.25) is 0 Å². The quantitative estimate of drug-likeness (QED) is 0.942. The number of carbonyl (C=O) groups is 1. The van der Waals surface area contributed by atoms with Gasteiger partial charge in [0, 0.05) is 24.2 Å². The van der Waals surface area contributed by atoms with Crippen molar-refractivity contribution in [2.24, 2.45) is 5.92 Å². The molecule has 0 amide bonds. The van der Waals surface area contributed by atoms with Gasteiger partial charge >= 0.3 is 5.97 Å². The maximum atomic E-state index is 11.2. The number of carboxylic acids is 1. The molecular formula is C17H20N2O2. The molecule has 4 nitrogen and oxygen atoms in total. The van der Waals surface area contributed by atoms with Gasteiger partial charge in [0.05, 0.1) is 11.6 Å². The van der Waals surface area contributed by atoms with E-state index in [1.54, 1.807) is 0 Å². The Balaban J connectivity index is 1.96. The van der Waals surface area contributed by atoms with Crippen molar-refractivity contribution in [3.63, 3.8) is 0 Å². The Kier molecular flexibility index (Phi) is 3.53. The zero-order valence-electron chi connectivity index (χ0n) is 12.5. The third-order valence-electron chi connectivity index (χ3n) is 4.40. The second-order valence-electron chi connectivity index (χ2n) is 5.70. The maximum absolute atomic E-state index is 11.2. The van der Waals surface area contributed by atoms with E-state index >= 15 is 0 Å². The van der Waals surface area contributed by atoms with Crippen molar-refractivity contribution >= 4 is 5.97 Å². The molecule has 1 aromatic heterocycles. The summed E-state index contributed by atoms with van der Waals surface area (Å²) in [7, 11) is 0. The minimum Gasteiger partial charge on any atom is -0.481 e. The van der Waals surface area contributed by atoms with Gasteiger partial charge in [-0.3, -0.25) is 4.79 Å². The molecule has 110 valence electrons. The lowest BCUT2D eigenvalue weighted by Gasteiger charge is -2.21. The maximum Gasteiger partial charge on any atom is 0.308 e. The summed E-state index contributed by atoms with van der Waals surface area (Å²) < 4.78 is 2.07. The predicted molar refractivity (Wildman–Crippen MR) is 81.2 cm³/mol. The Hall–Kier alpha value is -2.10. The molecule has 1 aliphatic heterocycles. The number of aliphatic carboxylic acids is 1. The van der Waals surface area contributed by atoms with E-state index in [9.17, 15) is 9.90 Å². The Morgan fingerprint density at radius 1 is 1.38 bits per heavy atom. The van der Waals surface area contributed by atoms with E-state index in [1.807, 2.05) is 6.92 Å². The molecule has 0 radical (unpaired) electrons. The fraction of sp³-hybridized carbons (Fsp3) is 0.412. The van der Waals surface area contributed by atoms with Crippen LogP contribution in [0.15, 0.2) is 24.3 Å². The number of carboxylic acid groups (broad SMARTS) is 1. The van der Waals surface area contributed by atoms with E-state index in [0.717, 1.165) is 35.6 Å². The van der Waals surface area contributed by atoms with Gasteiger partial charge in [-0.2, -0.15) is 0 Å². The van der Waals surface area contributed by atoms with Crippen LogP contribution in [-0.2, 0) is 24.2 Å². The van der Waals surface area contributed by atoms with E-state index in [2.05, 4.69) is 35.8 Å². The summed E-state index contributed by atoms with van der Waals surface area (Å²) in [5.74, 6) is 0.0166. The van der Waals surface area contributed by atoms with Crippen molar-refractivity contribution in [1.29, 1.82) is 0 Å². The lowest BCUT2D eigenvalue weighted by Crippen LogP contribution is -2.27. The van der Waals surface area contributed by atoms with Crippen LogP contribution >= 0.6 is 0 Å². The summed E-state index contributed by atoms with van der Waals surface area (Å²) in [6.07, 6.45) is 2.45. The van der Waals surface area contributed by atoms with E-state index in [4.69, 9.17) is 4.98 Å². The third kappa shape index (κ3) is 2.46. The molecule has 0 saturated heterocycles. The second kappa shape index (κ2) is 5.35. The molecule has 0 bridgehead atoms. The standard InChI is InChI=1S/C17H20N2O2/c1-3-12-4-6-13(7-5-12)16-11(2)19-10-14(17(20)21)8-9-15(19)18-16/h4-7,14H,3,8-10H2,1-2H3,(H,20,21). The fourth-order valence-electron chi connectivity index (χ4n) is 3.01. The van der Waals surface area contributed by atoms with Gasteiger partial charge in [0.2, 0.25) is 0 Å². The second-order valence-corrected chi connectivity index (χ2v) is 5.70. The van der Waals surface area contributed by atoms with Crippen LogP contribution in [0.4, 0.5) is 0 Å². The monoisotopic (exact) mass is 284 g/mol. The minimum absolute atomic E-state index is 0.291. The first-order valence-corrected chi connectivity index (χ1v) is 7.48. The van der Waals surface area contributed by atoms with Gasteiger partial charge in [-0.15, -0.1) is 0 Å². The topological polar surface area (TPSA) is 55.1 Å². The number of rotatable bonds is 3. The fourth-order valence-corrected chi connectivity index (χ4v) is 3.01. The Morgan fingerprint density at radius 3 is 2.71 bits per heavy atom. The average Bonchev–Trinajstić information content (AvgIpc) is 2.84. The highest BCUT2D eigenvalue weighted by Crippen LogP contribution is 2.29. The summed E-state index contributed by atoms with van der Waals surface area (Å²) in [6, 6.07) is 8.48. The van der Waals surface area contributed by atoms with Gasteiger partial charge in [-0.25, -0.2) is 4.98 Å². The summed E-state index contributed by atoms with van der Waals surface area (Å²) in [4.78, 5) is 15.9. The number of fused-ring (bicyclic) bond motifs is 1. The van der Waals surface area contributed by atoms with Crippen LogP contribution in [0.3, 0.4) is 0 Å². The molecule has 21 heavy (non-hydrogen) atoms. The van der Waals surface area contributed by atoms with E-state index in [0.29, 0.717) is 13.0 Å². The van der Waals surface area contributed by atoms with Crippen molar-refractivity contribution in [3.05, 3.63) is 41.3 Å². The van der Waals surface area contributed by atoms with Gasteiger partial charge in [0.1, 0.15) is 5.82 Å². The molecule has 0 fully saturated rings. The average molecular weight is 284 g/mol. The van der Waals surface area contributed by atoms with Crippen LogP contribution in [0, 0.1) is 12.8 Å². The van der Waals surface area contributed by atoms with Crippen molar-refractivity contribution in [2.45, 2.75) is 39.7 Å². The van der Waals surface area contributed by atoms with Crippen molar-refractivity contribution in [2.75, 3.05) is 0 Å². The van der Waals surface area contributed by atoms with E-state index < -0.39 is 5.97 Å². The largest absolute Gasteiger partial charge is 0.481 e. The Morgan fingerprint density at radius 2 is 2.10 bits per heavy atom. The Labute approximate surface area is 124 Å². The normalized spacial score (nSPS) is 17.5. The molecule has 1 N–H and O–H groups in total. The highest BCUT2D eigenvalue weighted by Gasteiger charge is 2.27. The van der Waals surface area contributed by atoms with Crippen LogP contribution < -0.4 is 0 Å². The Bertz CT molecular complexity index is 671. The third-order valence-corrected chi connectivity index (χ3v) is 4.40. The molecule has 2 aromatic rings. The highest BCUT2D eigenvalue weighted by molar-refractivity contribution is 5.70. The zero-order chi connectivity index (χ0) is 15.0. The number of aromatic nitrogens is 2. The van der Waals surface area contributed by atoms with E-state index in [1.165, 1.54) is 5.56 Å². The lowest BCUT2D eigenvalue weighted by atomic mass is 9.99. The summed E-state index contributed by atoms with van der Waals surface area (Å²) in [5.41, 5.74) is 4.48. The molecule has 4 heteroatoms. The molecular weight excluding hydrogens is 264 g/mol. The number of hydrogen-bond acceptors (Lipinski definition) is 2. The van der Waals surface area contributed by atoms with E-state index in [-0.39, 0.29) is 5.92 Å². The highest BCUT2D eigenvalue weighted by atomic mass is 16.4. The predicted octanol–water partition coefficient (Wildman–Crippen LogP) is 3.07. The summed E-state index contributed by atoms with van der Waals surface area (Å²) in [6.45, 7) is 4.71. The molecule has 3 rings (SSSR count). The first-order valence-electron chi connectivity index (χ1n) is 7.48. The number of imidazole rings is 1. The molecule has 1 aromatic carbocycles. The van der Waals surface area contributed by atoms with Crippen molar-refractivity contribution < 1.29 is 9.90 Å². The van der Waals surface area contributed by atoms with Gasteiger partial charge in [-0.1, -0.05) is 31.2 Å². The lowest BCUT2D eigenvalue weighted by molar-refractivity contribution is -0.142. The minimum atomic E-state index is -0.706. The van der Waals surface area contributed by atoms with Crippen LogP contribution in [0.5, 0.6) is 0 Å². The molecule has 0 spiro atoms. The van der Waals surface area contributed by atoms with Crippen LogP contribution in [0.25, 0.3) is 11.3 Å². The van der Waals surface area contributed by atoms with Crippen molar-refractivity contribution in [3.8, 4) is 11.3 Å². The van der Waals surface area contributed by atoms with Crippen LogP contribution in [-0.4, -0.2) is 20.6 Å². The molecule has 0 aliphatic carbocycles. The van der Waals surface area contributed by atoms with Gasteiger partial charge < -0.3 is 9.67 Å². The first kappa shape index (κ1) is 13.9. The first-order chi connectivity index (χ1) is 10.1. The van der Waals surface area contributed by atoms with Gasteiger partial charge in [-0.05, 0) is 25.3 Å². The van der Waals surface area contributed by atoms with Crippen molar-refractivity contribution in [1.82, 2.24) is 9.55 Å². The summed E-state index contributed by atoms with van der Waals surface area (Å²) in [5, 5.41) is 9.20. The molecule has 2 heterocycles. The smallest absolute Gasteiger partial charge is 0.308 e. The number of nitrogens with zero attached hydrogens (tertiary/aromatic N) is 2. The number of hydrogen-bond donors (Lipinski definition) is 1. The number of benzene rings is 1.